The molecular weight excluding hydrogens is 204 g/mol. The summed E-state index contributed by atoms with van der Waals surface area (Å²) in [5, 5.41) is 0. The van der Waals surface area contributed by atoms with Gasteiger partial charge in [-0.25, -0.2) is 9.59 Å². The van der Waals surface area contributed by atoms with E-state index in [1.54, 1.807) is 0 Å². The molecule has 0 bridgehead atoms. The van der Waals surface area contributed by atoms with Gasteiger partial charge in [-0.3, -0.25) is 0 Å². The third-order valence-electron chi connectivity index (χ3n) is 0.547. The minimum absolute atomic E-state index is 0.167. The first kappa shape index (κ1) is 15.7. The van der Waals surface area contributed by atoms with E-state index in [1.807, 2.05) is 0 Å². The third kappa shape index (κ3) is 18.9. The van der Waals surface area contributed by atoms with Gasteiger partial charge in [-0.05, 0) is 27.7 Å². The van der Waals surface area contributed by atoms with Gasteiger partial charge in [0.2, 0.25) is 6.79 Å². The fourth-order valence-electron chi connectivity index (χ4n) is 0.254. The summed E-state index contributed by atoms with van der Waals surface area (Å²) in [6.45, 7) is 5.89. The van der Waals surface area contributed by atoms with Crippen molar-refractivity contribution in [2.75, 3.05) is 6.79 Å². The van der Waals surface area contributed by atoms with Crippen LogP contribution in [-0.2, 0) is 28.7 Å². The Bertz CT molecular complexity index is 221. The molecule has 15 heavy (non-hydrogen) atoms. The number of Topliss-reactive ketones (excluding diaryl/α,β-unsaturated/α-hetero) is 2. The Morgan fingerprint density at radius 1 is 0.867 bits per heavy atom. The van der Waals surface area contributed by atoms with Crippen molar-refractivity contribution >= 4 is 23.5 Å². The standard InChI is InChI=1S/C3H2O4.2C3H6O/c4-2-3(5)7-1-6-2;2*1-3(2)4/h1H2;2*1-2H3. The molecule has 0 N–H and O–H groups in total. The van der Waals surface area contributed by atoms with Gasteiger partial charge in [0, 0.05) is 0 Å². The quantitative estimate of drug-likeness (QED) is 0.427. The average Bonchev–Trinajstić information content (AvgIpc) is 2.33. The Morgan fingerprint density at radius 2 is 1.07 bits per heavy atom. The molecule has 0 radical (unpaired) electrons. The van der Waals surface area contributed by atoms with Crippen LogP contribution in [0.15, 0.2) is 0 Å². The Labute approximate surface area is 87.5 Å². The highest BCUT2D eigenvalue weighted by Crippen LogP contribution is 1.92. The van der Waals surface area contributed by atoms with Gasteiger partial charge in [-0.2, -0.15) is 0 Å². The molecular formula is C9H14O6. The highest BCUT2D eigenvalue weighted by Gasteiger charge is 2.23. The zero-order valence-electron chi connectivity index (χ0n) is 9.16. The molecule has 86 valence electrons. The van der Waals surface area contributed by atoms with E-state index in [9.17, 15) is 19.2 Å². The molecule has 0 unspecified atom stereocenters. The van der Waals surface area contributed by atoms with Crippen LogP contribution in [0.5, 0.6) is 0 Å². The van der Waals surface area contributed by atoms with Crippen LogP contribution >= 0.6 is 0 Å². The molecule has 6 heteroatoms. The normalized spacial score (nSPS) is 12.3. The Kier molecular flexibility index (Phi) is 9.30. The van der Waals surface area contributed by atoms with Crippen LogP contribution in [0, 0.1) is 0 Å². The van der Waals surface area contributed by atoms with Gasteiger partial charge in [0.1, 0.15) is 11.6 Å². The van der Waals surface area contributed by atoms with E-state index in [0.29, 0.717) is 0 Å². The first-order valence-corrected chi connectivity index (χ1v) is 4.05. The van der Waals surface area contributed by atoms with Crippen molar-refractivity contribution < 1.29 is 28.7 Å². The van der Waals surface area contributed by atoms with E-state index in [1.165, 1.54) is 27.7 Å². The van der Waals surface area contributed by atoms with Crippen LogP contribution in [0.1, 0.15) is 27.7 Å². The van der Waals surface area contributed by atoms with Crippen molar-refractivity contribution in [3.05, 3.63) is 0 Å². The molecule has 0 saturated carbocycles. The van der Waals surface area contributed by atoms with Crippen molar-refractivity contribution in [1.29, 1.82) is 0 Å². The zero-order chi connectivity index (χ0) is 12.4. The van der Waals surface area contributed by atoms with Crippen molar-refractivity contribution in [1.82, 2.24) is 0 Å². The van der Waals surface area contributed by atoms with Crippen LogP contribution in [0.25, 0.3) is 0 Å². The van der Waals surface area contributed by atoms with Crippen molar-refractivity contribution in [2.24, 2.45) is 0 Å². The van der Waals surface area contributed by atoms with Gasteiger partial charge in [0.25, 0.3) is 0 Å². The third-order valence-corrected chi connectivity index (χ3v) is 0.547. The highest BCUT2D eigenvalue weighted by molar-refractivity contribution is 6.30. The van der Waals surface area contributed by atoms with Crippen LogP contribution in [0.2, 0.25) is 0 Å². The van der Waals surface area contributed by atoms with Gasteiger partial charge < -0.3 is 19.1 Å². The van der Waals surface area contributed by atoms with Crippen molar-refractivity contribution in [2.45, 2.75) is 27.7 Å². The topological polar surface area (TPSA) is 86.7 Å². The number of hydrogen-bond donors (Lipinski definition) is 0. The van der Waals surface area contributed by atoms with E-state index < -0.39 is 11.9 Å². The number of carbonyl (C=O) groups excluding carboxylic acids is 4. The number of carbonyl (C=O) groups is 4. The molecule has 0 atom stereocenters. The van der Waals surface area contributed by atoms with E-state index in [0.717, 1.165) is 0 Å². The molecule has 0 aromatic carbocycles. The average molecular weight is 218 g/mol. The molecule has 1 fully saturated rings. The number of rotatable bonds is 0. The number of esters is 2. The molecule has 1 rings (SSSR count). The van der Waals surface area contributed by atoms with Gasteiger partial charge in [0.15, 0.2) is 0 Å². The lowest BCUT2D eigenvalue weighted by atomic mass is 10.6. The predicted molar refractivity (Wildman–Crippen MR) is 49.8 cm³/mol. The lowest BCUT2D eigenvalue weighted by Crippen LogP contribution is -2.05. The largest absolute Gasteiger partial charge is 0.420 e. The first-order chi connectivity index (χ1) is 6.77. The van der Waals surface area contributed by atoms with Crippen LogP contribution in [0.3, 0.4) is 0 Å². The van der Waals surface area contributed by atoms with Gasteiger partial charge in [-0.1, -0.05) is 0 Å². The molecule has 0 aliphatic carbocycles. The van der Waals surface area contributed by atoms with Crippen molar-refractivity contribution in [3.63, 3.8) is 0 Å². The molecule has 1 aliphatic rings. The Morgan fingerprint density at radius 3 is 1.13 bits per heavy atom. The second kappa shape index (κ2) is 8.86. The van der Waals surface area contributed by atoms with Gasteiger partial charge >= 0.3 is 11.9 Å². The molecule has 0 aromatic rings. The molecule has 0 amide bonds. The smallest absolute Gasteiger partial charge is 0.419 e. The molecule has 0 aromatic heterocycles. The molecule has 0 spiro atoms. The molecule has 1 aliphatic heterocycles. The van der Waals surface area contributed by atoms with Crippen molar-refractivity contribution in [3.8, 4) is 0 Å². The number of ether oxygens (including phenoxy) is 2. The predicted octanol–water partition coefficient (Wildman–Crippen LogP) is 0.234. The summed E-state index contributed by atoms with van der Waals surface area (Å²) in [6.07, 6.45) is 0. The minimum atomic E-state index is -0.903. The summed E-state index contributed by atoms with van der Waals surface area (Å²) in [5.74, 6) is -1.47. The summed E-state index contributed by atoms with van der Waals surface area (Å²) >= 11 is 0. The van der Waals surface area contributed by atoms with E-state index in [2.05, 4.69) is 9.47 Å². The maximum atomic E-state index is 9.88. The second-order valence-corrected chi connectivity index (χ2v) is 2.80. The summed E-state index contributed by atoms with van der Waals surface area (Å²) in [5.41, 5.74) is 0. The Balaban J connectivity index is 0. The molecule has 1 saturated heterocycles. The Hall–Kier alpha value is -1.72. The summed E-state index contributed by atoms with van der Waals surface area (Å²) in [7, 11) is 0. The fourth-order valence-corrected chi connectivity index (χ4v) is 0.254. The lowest BCUT2D eigenvalue weighted by molar-refractivity contribution is -0.150. The van der Waals surface area contributed by atoms with Gasteiger partial charge in [0.05, 0.1) is 0 Å². The maximum Gasteiger partial charge on any atom is 0.420 e. The lowest BCUT2D eigenvalue weighted by Gasteiger charge is -1.77. The van der Waals surface area contributed by atoms with E-state index in [-0.39, 0.29) is 18.4 Å². The minimum Gasteiger partial charge on any atom is -0.419 e. The first-order valence-electron chi connectivity index (χ1n) is 4.05. The van der Waals surface area contributed by atoms with E-state index in [4.69, 9.17) is 0 Å². The monoisotopic (exact) mass is 218 g/mol. The summed E-state index contributed by atoms with van der Waals surface area (Å²) < 4.78 is 8.11. The second-order valence-electron chi connectivity index (χ2n) is 2.80. The van der Waals surface area contributed by atoms with E-state index >= 15 is 0 Å². The SMILES string of the molecule is CC(C)=O.CC(C)=O.O=C1OCOC1=O. The maximum absolute atomic E-state index is 9.88. The van der Waals surface area contributed by atoms with Crippen LogP contribution in [0.4, 0.5) is 0 Å². The summed E-state index contributed by atoms with van der Waals surface area (Å²) in [4.78, 5) is 38.6. The summed E-state index contributed by atoms with van der Waals surface area (Å²) in [6, 6.07) is 0. The van der Waals surface area contributed by atoms with Crippen LogP contribution < -0.4 is 0 Å². The number of cyclic esters (lactones) is 2. The zero-order valence-corrected chi connectivity index (χ0v) is 9.16. The van der Waals surface area contributed by atoms with Gasteiger partial charge in [-0.15, -0.1) is 0 Å². The number of ketones is 2. The number of hydrogen-bond acceptors (Lipinski definition) is 6. The highest BCUT2D eigenvalue weighted by atomic mass is 16.8. The van der Waals surface area contributed by atoms with Crippen LogP contribution in [-0.4, -0.2) is 30.3 Å². The fraction of sp³-hybridized carbons (Fsp3) is 0.556. The molecule has 6 nitrogen and oxygen atoms in total. The molecule has 1 heterocycles.